The summed E-state index contributed by atoms with van der Waals surface area (Å²) in [6.07, 6.45) is 3.59. The maximum absolute atomic E-state index is 10.6. The number of hydrogen-bond donors (Lipinski definition) is 3. The number of H-pyrrole nitrogens is 1. The predicted octanol–water partition coefficient (Wildman–Crippen LogP) is 3.61. The molecule has 9 heteroatoms. The SMILES string of the molecule is CCCN(C)c1ccc(-n2c(S)nnc2-c2cc3c(CC)n[nH]c3cc2O)cn1. The zero-order valence-corrected chi connectivity index (χ0v) is 17.5. The molecule has 0 fully saturated rings. The third-order valence-corrected chi connectivity index (χ3v) is 5.21. The van der Waals surface area contributed by atoms with Crippen LogP contribution in [0.3, 0.4) is 0 Å². The molecule has 8 nitrogen and oxygen atoms in total. The van der Waals surface area contributed by atoms with E-state index in [2.05, 4.69) is 49.8 Å². The number of nitrogens with one attached hydrogen (secondary N) is 1. The minimum atomic E-state index is 0.0954. The smallest absolute Gasteiger partial charge is 0.193 e. The van der Waals surface area contributed by atoms with Crippen molar-refractivity contribution < 1.29 is 5.11 Å². The molecule has 1 aromatic carbocycles. The molecule has 0 unspecified atom stereocenters. The molecule has 0 aliphatic rings. The van der Waals surface area contributed by atoms with Crippen LogP contribution in [0.15, 0.2) is 35.6 Å². The fraction of sp³-hybridized carbons (Fsp3) is 0.300. The van der Waals surface area contributed by atoms with Crippen LogP contribution in [0.4, 0.5) is 5.82 Å². The van der Waals surface area contributed by atoms with Crippen molar-refractivity contribution in [3.63, 3.8) is 0 Å². The highest BCUT2D eigenvalue weighted by atomic mass is 32.1. The number of pyridine rings is 1. The van der Waals surface area contributed by atoms with Gasteiger partial charge in [0.15, 0.2) is 11.0 Å². The van der Waals surface area contributed by atoms with Crippen LogP contribution in [0, 0.1) is 0 Å². The number of fused-ring (bicyclic) bond motifs is 1. The standard InChI is InChI=1S/C20H23N7OS/c1-4-8-26(3)18-7-6-12(11-21-18)27-19(24-25-20(27)29)14-9-13-15(5-2)22-23-16(13)10-17(14)28/h6-7,9-11,28H,4-5,8H2,1-3H3,(H,22,23)(H,25,29). The Hall–Kier alpha value is -3.07. The summed E-state index contributed by atoms with van der Waals surface area (Å²) in [7, 11) is 2.02. The lowest BCUT2D eigenvalue weighted by Gasteiger charge is -2.17. The van der Waals surface area contributed by atoms with E-state index in [0.717, 1.165) is 47.5 Å². The average Bonchev–Trinajstić information content (AvgIpc) is 3.30. The Labute approximate surface area is 174 Å². The zero-order chi connectivity index (χ0) is 20.5. The van der Waals surface area contributed by atoms with E-state index < -0.39 is 0 Å². The quantitative estimate of drug-likeness (QED) is 0.421. The van der Waals surface area contributed by atoms with Crippen molar-refractivity contribution in [1.82, 2.24) is 29.9 Å². The van der Waals surface area contributed by atoms with Gasteiger partial charge in [-0.1, -0.05) is 13.8 Å². The van der Waals surface area contributed by atoms with E-state index in [1.807, 2.05) is 32.2 Å². The Kier molecular flexibility index (Phi) is 5.14. The first kappa shape index (κ1) is 19.3. The number of rotatable bonds is 6. The van der Waals surface area contributed by atoms with E-state index in [9.17, 15) is 5.11 Å². The van der Waals surface area contributed by atoms with Gasteiger partial charge in [-0.15, -0.1) is 22.8 Å². The maximum Gasteiger partial charge on any atom is 0.193 e. The molecular formula is C20H23N7OS. The number of aromatic amines is 1. The number of benzene rings is 1. The number of nitrogens with zero attached hydrogens (tertiary/aromatic N) is 6. The van der Waals surface area contributed by atoms with Crippen LogP contribution in [-0.4, -0.2) is 48.6 Å². The molecule has 0 bridgehead atoms. The summed E-state index contributed by atoms with van der Waals surface area (Å²) in [4.78, 5) is 6.66. The van der Waals surface area contributed by atoms with Crippen LogP contribution >= 0.6 is 12.6 Å². The molecule has 0 aliphatic heterocycles. The van der Waals surface area contributed by atoms with Gasteiger partial charge >= 0.3 is 0 Å². The lowest BCUT2D eigenvalue weighted by atomic mass is 10.1. The van der Waals surface area contributed by atoms with Crippen molar-refractivity contribution in [2.75, 3.05) is 18.5 Å². The van der Waals surface area contributed by atoms with Gasteiger partial charge in [0.1, 0.15) is 11.6 Å². The van der Waals surface area contributed by atoms with Gasteiger partial charge in [0.05, 0.1) is 28.7 Å². The Morgan fingerprint density at radius 3 is 2.72 bits per heavy atom. The third-order valence-electron chi connectivity index (χ3n) is 4.92. The van der Waals surface area contributed by atoms with Crippen LogP contribution in [-0.2, 0) is 6.42 Å². The molecule has 150 valence electrons. The monoisotopic (exact) mass is 409 g/mol. The number of thiol groups is 1. The highest BCUT2D eigenvalue weighted by molar-refractivity contribution is 7.80. The van der Waals surface area contributed by atoms with E-state index >= 15 is 0 Å². The molecule has 0 saturated heterocycles. The Morgan fingerprint density at radius 2 is 2.03 bits per heavy atom. The van der Waals surface area contributed by atoms with Crippen molar-refractivity contribution in [3.8, 4) is 22.8 Å². The van der Waals surface area contributed by atoms with Crippen LogP contribution in [0.25, 0.3) is 28.0 Å². The first-order valence-corrected chi connectivity index (χ1v) is 10.0. The van der Waals surface area contributed by atoms with Crippen LogP contribution < -0.4 is 4.90 Å². The summed E-state index contributed by atoms with van der Waals surface area (Å²) in [5.41, 5.74) is 3.05. The zero-order valence-electron chi connectivity index (χ0n) is 16.6. The number of anilines is 1. The molecule has 29 heavy (non-hydrogen) atoms. The summed E-state index contributed by atoms with van der Waals surface area (Å²) in [6, 6.07) is 7.45. The molecule has 0 aliphatic carbocycles. The molecule has 0 atom stereocenters. The fourth-order valence-electron chi connectivity index (χ4n) is 3.43. The van der Waals surface area contributed by atoms with Crippen molar-refractivity contribution in [1.29, 1.82) is 0 Å². The summed E-state index contributed by atoms with van der Waals surface area (Å²) in [5, 5.41) is 27.6. The van der Waals surface area contributed by atoms with Gasteiger partial charge in [0, 0.05) is 25.0 Å². The maximum atomic E-state index is 10.6. The summed E-state index contributed by atoms with van der Waals surface area (Å²) >= 11 is 4.47. The second kappa shape index (κ2) is 7.75. The highest BCUT2D eigenvalue weighted by Crippen LogP contribution is 2.35. The molecule has 0 saturated carbocycles. The minimum Gasteiger partial charge on any atom is -0.507 e. The normalized spacial score (nSPS) is 11.3. The van der Waals surface area contributed by atoms with Crippen molar-refractivity contribution in [2.45, 2.75) is 31.8 Å². The van der Waals surface area contributed by atoms with E-state index in [4.69, 9.17) is 0 Å². The molecule has 2 N–H and O–H groups in total. The highest BCUT2D eigenvalue weighted by Gasteiger charge is 2.19. The topological polar surface area (TPSA) is 95.8 Å². The number of aromatic nitrogens is 6. The molecule has 3 aromatic heterocycles. The van der Waals surface area contributed by atoms with Crippen molar-refractivity contribution >= 4 is 29.3 Å². The largest absolute Gasteiger partial charge is 0.507 e. The molecule has 0 spiro atoms. The average molecular weight is 410 g/mol. The Bertz CT molecular complexity index is 1150. The second-order valence-corrected chi connectivity index (χ2v) is 7.29. The molecule has 0 radical (unpaired) electrons. The number of aromatic hydroxyl groups is 1. The first-order chi connectivity index (χ1) is 14.0. The predicted molar refractivity (Wildman–Crippen MR) is 116 cm³/mol. The summed E-state index contributed by atoms with van der Waals surface area (Å²) in [6.45, 7) is 5.11. The summed E-state index contributed by atoms with van der Waals surface area (Å²) in [5.74, 6) is 1.48. The van der Waals surface area contributed by atoms with E-state index in [1.54, 1.807) is 16.8 Å². The van der Waals surface area contributed by atoms with E-state index in [-0.39, 0.29) is 5.75 Å². The Morgan fingerprint density at radius 1 is 1.21 bits per heavy atom. The molecule has 0 amide bonds. The molecule has 4 rings (SSSR count). The lowest BCUT2D eigenvalue weighted by Crippen LogP contribution is -2.18. The number of aryl methyl sites for hydroxylation is 1. The van der Waals surface area contributed by atoms with Crippen molar-refractivity contribution in [3.05, 3.63) is 36.2 Å². The van der Waals surface area contributed by atoms with Gasteiger partial charge in [-0.2, -0.15) is 5.10 Å². The number of hydrogen-bond acceptors (Lipinski definition) is 7. The van der Waals surface area contributed by atoms with Crippen LogP contribution in [0.5, 0.6) is 5.75 Å². The van der Waals surface area contributed by atoms with E-state index in [0.29, 0.717) is 16.5 Å². The van der Waals surface area contributed by atoms with Gasteiger partial charge in [-0.05, 0) is 31.0 Å². The number of phenolic OH excluding ortho intramolecular Hbond substituents is 1. The first-order valence-electron chi connectivity index (χ1n) is 9.55. The van der Waals surface area contributed by atoms with Gasteiger partial charge in [0.25, 0.3) is 0 Å². The van der Waals surface area contributed by atoms with Crippen LogP contribution in [0.1, 0.15) is 26.0 Å². The van der Waals surface area contributed by atoms with Crippen molar-refractivity contribution in [2.24, 2.45) is 0 Å². The molecule has 3 heterocycles. The van der Waals surface area contributed by atoms with Gasteiger partial charge in [0.2, 0.25) is 0 Å². The molecular weight excluding hydrogens is 386 g/mol. The van der Waals surface area contributed by atoms with Gasteiger partial charge in [-0.3, -0.25) is 9.67 Å². The lowest BCUT2D eigenvalue weighted by molar-refractivity contribution is 0.477. The number of phenols is 1. The van der Waals surface area contributed by atoms with Gasteiger partial charge in [-0.25, -0.2) is 4.98 Å². The van der Waals surface area contributed by atoms with Gasteiger partial charge < -0.3 is 10.0 Å². The third kappa shape index (κ3) is 3.42. The van der Waals surface area contributed by atoms with Crippen LogP contribution in [0.2, 0.25) is 0 Å². The Balaban J connectivity index is 1.80. The summed E-state index contributed by atoms with van der Waals surface area (Å²) < 4.78 is 1.77. The second-order valence-electron chi connectivity index (χ2n) is 6.89. The minimum absolute atomic E-state index is 0.0954. The molecule has 4 aromatic rings. The van der Waals surface area contributed by atoms with E-state index in [1.165, 1.54) is 0 Å². The fourth-order valence-corrected chi connectivity index (χ4v) is 3.69.